The summed E-state index contributed by atoms with van der Waals surface area (Å²) >= 11 is 7.64. The first-order valence-electron chi connectivity index (χ1n) is 30.0. The molecule has 4 N–H and O–H groups in total. The van der Waals surface area contributed by atoms with E-state index in [4.69, 9.17) is 11.6 Å². The van der Waals surface area contributed by atoms with E-state index in [0.29, 0.717) is 68.2 Å². The predicted molar refractivity (Wildman–Crippen MR) is 338 cm³/mol. The van der Waals surface area contributed by atoms with Gasteiger partial charge in [-0.05, 0) is 147 Å². The van der Waals surface area contributed by atoms with E-state index in [1.807, 2.05) is 47.2 Å². The number of anilines is 3. The van der Waals surface area contributed by atoms with Crippen molar-refractivity contribution in [3.63, 3.8) is 0 Å². The minimum atomic E-state index is -6.14. The van der Waals surface area contributed by atoms with E-state index in [9.17, 15) is 54.0 Å². The number of alkyl halides is 3. The maximum Gasteiger partial charge on any atom is 0.501 e. The molecule has 18 nitrogen and oxygen atoms in total. The Morgan fingerprint density at radius 2 is 1.45 bits per heavy atom. The highest BCUT2D eigenvalue weighted by Crippen LogP contribution is 2.43. The Labute approximate surface area is 526 Å². The number of amides is 5. The number of sulfonamides is 1. The van der Waals surface area contributed by atoms with Gasteiger partial charge in [0.25, 0.3) is 37.6 Å². The van der Waals surface area contributed by atoms with Crippen molar-refractivity contribution < 1.29 is 54.0 Å². The smallest absolute Gasteiger partial charge is 0.384 e. The lowest BCUT2D eigenvalue weighted by molar-refractivity contribution is -0.136. The van der Waals surface area contributed by atoms with Crippen LogP contribution in [0.15, 0.2) is 136 Å². The van der Waals surface area contributed by atoms with Gasteiger partial charge in [-0.25, -0.2) is 21.6 Å². The maximum absolute atomic E-state index is 14.5. The van der Waals surface area contributed by atoms with Gasteiger partial charge in [-0.15, -0.1) is 11.8 Å². The highest BCUT2D eigenvalue weighted by Gasteiger charge is 2.49. The molecule has 1 unspecified atom stereocenters. The Balaban J connectivity index is 0.729. The zero-order valence-electron chi connectivity index (χ0n) is 49.6. The number of carbonyl (C=O) groups is 5. The number of fused-ring (bicyclic) bond motifs is 1. The largest absolute Gasteiger partial charge is 0.501 e. The quantitative estimate of drug-likeness (QED) is 0.0272. The Hall–Kier alpha value is -6.80. The number of nitrogens with zero attached hydrogens (tertiary/aromatic N) is 5. The first-order valence-corrected chi connectivity index (χ1v) is 34.3. The SMILES string of the molecule is CC1(C)CCC(c2ccc(Cl)cc2)=C(CN2CCN(c3ccc(C(=O)NS(=O)(=O)c4ccc(N[C@H](CCN5CCN(CCCCNc6cccc7c6C(=O)N(C6CCC(=O)NC6=O)C7=O)CC5)CSc5ccccc5)c(S(=O)(=O)C(F)(F)F)c4)cc3)CC2)C1. The highest BCUT2D eigenvalue weighted by molar-refractivity contribution is 7.99. The van der Waals surface area contributed by atoms with Crippen LogP contribution in [-0.2, 0) is 29.4 Å². The van der Waals surface area contributed by atoms with E-state index in [-0.39, 0.29) is 34.9 Å². The number of thioether (sulfide) groups is 1. The Morgan fingerprint density at radius 3 is 2.13 bits per heavy atom. The predicted octanol–water partition coefficient (Wildman–Crippen LogP) is 9.41. The molecular formula is C64H73ClF3N9O9S3. The van der Waals surface area contributed by atoms with Gasteiger partial charge in [0.15, 0.2) is 0 Å². The van der Waals surface area contributed by atoms with Crippen LogP contribution in [0.25, 0.3) is 5.57 Å². The molecule has 3 fully saturated rings. The first-order chi connectivity index (χ1) is 42.4. The molecule has 474 valence electrons. The number of piperidine rings is 1. The summed E-state index contributed by atoms with van der Waals surface area (Å²) in [4.78, 5) is 73.5. The number of nitrogens with one attached hydrogen (secondary N) is 4. The van der Waals surface area contributed by atoms with Crippen LogP contribution < -0.4 is 25.6 Å². The molecular weight excluding hydrogens is 1230 g/mol. The molecule has 4 heterocycles. The van der Waals surface area contributed by atoms with Crippen LogP contribution >= 0.6 is 23.4 Å². The van der Waals surface area contributed by atoms with Crippen LogP contribution in [0.1, 0.15) is 102 Å². The maximum atomic E-state index is 14.5. The van der Waals surface area contributed by atoms with Crippen LogP contribution in [0.2, 0.25) is 5.02 Å². The fraction of sp³-hybridized carbons (Fsp3) is 0.422. The van der Waals surface area contributed by atoms with Crippen molar-refractivity contribution >= 4 is 95.4 Å². The van der Waals surface area contributed by atoms with Crippen molar-refractivity contribution in [1.82, 2.24) is 29.6 Å². The number of piperazine rings is 2. The molecule has 4 aliphatic heterocycles. The number of sulfone groups is 1. The average Bonchev–Trinajstić information content (AvgIpc) is 1.62. The molecule has 10 rings (SSSR count). The second-order valence-electron chi connectivity index (χ2n) is 24.0. The molecule has 3 saturated heterocycles. The number of rotatable bonds is 23. The Kier molecular flexibility index (Phi) is 20.3. The number of halogens is 4. The summed E-state index contributed by atoms with van der Waals surface area (Å²) < 4.78 is 99.8. The number of unbranched alkanes of at least 4 members (excludes halogenated alkanes) is 1. The number of imide groups is 2. The third-order valence-corrected chi connectivity index (χ3v) is 21.5. The third-order valence-electron chi connectivity index (χ3n) is 17.2. The fourth-order valence-electron chi connectivity index (χ4n) is 12.2. The monoisotopic (exact) mass is 1300 g/mol. The summed E-state index contributed by atoms with van der Waals surface area (Å²) in [5.41, 5.74) is -0.346. The summed E-state index contributed by atoms with van der Waals surface area (Å²) in [6, 6.07) is 29.4. The molecule has 0 spiro atoms. The van der Waals surface area contributed by atoms with Crippen molar-refractivity contribution in [1.29, 1.82) is 0 Å². The lowest BCUT2D eigenvalue weighted by Crippen LogP contribution is -2.54. The van der Waals surface area contributed by atoms with E-state index in [1.54, 1.807) is 30.3 Å². The molecule has 5 aromatic carbocycles. The van der Waals surface area contributed by atoms with E-state index >= 15 is 0 Å². The lowest BCUT2D eigenvalue weighted by Gasteiger charge is -2.39. The molecule has 5 amide bonds. The minimum Gasteiger partial charge on any atom is -0.384 e. The summed E-state index contributed by atoms with van der Waals surface area (Å²) in [7, 11) is -11.1. The topological polar surface area (TPSA) is 218 Å². The molecule has 5 aliphatic rings. The highest BCUT2D eigenvalue weighted by atomic mass is 35.5. The van der Waals surface area contributed by atoms with Crippen molar-refractivity contribution in [3.05, 3.63) is 148 Å². The fourth-order valence-corrected chi connectivity index (χ4v) is 15.4. The van der Waals surface area contributed by atoms with Crippen LogP contribution in [0.5, 0.6) is 0 Å². The summed E-state index contributed by atoms with van der Waals surface area (Å²) in [5, 5.41) is 9.24. The number of allylic oxidation sites excluding steroid dienone is 1. The molecule has 0 bridgehead atoms. The van der Waals surface area contributed by atoms with Crippen molar-refractivity contribution in [2.24, 2.45) is 5.41 Å². The van der Waals surface area contributed by atoms with Gasteiger partial charge in [-0.2, -0.15) is 13.2 Å². The van der Waals surface area contributed by atoms with Crippen molar-refractivity contribution in [2.75, 3.05) is 99.8 Å². The summed E-state index contributed by atoms with van der Waals surface area (Å²) in [5.74, 6) is -3.02. The van der Waals surface area contributed by atoms with Crippen LogP contribution in [0.3, 0.4) is 0 Å². The Bertz CT molecular complexity index is 3710. The van der Waals surface area contributed by atoms with E-state index < -0.39 is 82.5 Å². The standard InChI is InChI=1S/C64H73ClF3N9O9S3/c1-63(2)27-25-51(43-13-17-46(65)18-14-43)45(40-63)41-75-35-37-76(38-36-75)48-19-15-44(16-20-48)59(79)72-89(85,86)50-21-22-53(56(39-50)88(83,84)64(66,67)68)70-47(42-87-49-9-4-3-5-10-49)26-30-74-33-31-73(32-34-74)29-7-6-28-69-54-12-8-11-52-58(54)62(82)77(61(52)81)55-23-24-57(78)71-60(55)80/h3-5,8-22,39,47,55,69-70H,6-7,23-38,40-42H2,1-2H3,(H,72,79)(H,71,78,80)/t47-,55?/m1/s1. The number of hydrogen-bond donors (Lipinski definition) is 4. The van der Waals surface area contributed by atoms with Gasteiger partial charge in [-0.3, -0.25) is 39.1 Å². The van der Waals surface area contributed by atoms with Gasteiger partial charge in [0.1, 0.15) is 10.9 Å². The zero-order valence-corrected chi connectivity index (χ0v) is 52.8. The Morgan fingerprint density at radius 1 is 0.764 bits per heavy atom. The average molecular weight is 1300 g/mol. The molecule has 0 radical (unpaired) electrons. The summed E-state index contributed by atoms with van der Waals surface area (Å²) in [6.45, 7) is 13.1. The molecule has 0 aromatic heterocycles. The van der Waals surface area contributed by atoms with Crippen molar-refractivity contribution in [3.8, 4) is 0 Å². The molecule has 25 heteroatoms. The van der Waals surface area contributed by atoms with Gasteiger partial charge in [0.2, 0.25) is 11.8 Å². The second kappa shape index (κ2) is 27.7. The number of carbonyl (C=O) groups excluding carboxylic acids is 5. The second-order valence-corrected chi connectivity index (χ2v) is 29.2. The van der Waals surface area contributed by atoms with Gasteiger partial charge < -0.3 is 25.3 Å². The molecule has 2 atom stereocenters. The van der Waals surface area contributed by atoms with E-state index in [1.165, 1.54) is 40.6 Å². The van der Waals surface area contributed by atoms with Crippen LogP contribution in [0, 0.1) is 5.41 Å². The number of benzene rings is 5. The van der Waals surface area contributed by atoms with Crippen LogP contribution in [0.4, 0.5) is 30.2 Å². The summed E-state index contributed by atoms with van der Waals surface area (Å²) in [6.07, 6.45) is 5.12. The number of hydrogen-bond acceptors (Lipinski definition) is 16. The van der Waals surface area contributed by atoms with E-state index in [0.717, 1.165) is 99.0 Å². The third kappa shape index (κ3) is 15.7. The van der Waals surface area contributed by atoms with Gasteiger partial charge >= 0.3 is 5.51 Å². The lowest BCUT2D eigenvalue weighted by atomic mass is 9.73. The van der Waals surface area contributed by atoms with Gasteiger partial charge in [0.05, 0.1) is 21.7 Å². The normalized spacial score (nSPS) is 19.3. The van der Waals surface area contributed by atoms with Gasteiger partial charge in [0, 0.05) is 117 Å². The minimum absolute atomic E-state index is 0.0236. The van der Waals surface area contributed by atoms with Crippen LogP contribution in [-0.4, -0.2) is 168 Å². The van der Waals surface area contributed by atoms with Crippen molar-refractivity contribution in [2.45, 2.75) is 97.5 Å². The molecule has 1 aliphatic carbocycles. The molecule has 5 aromatic rings. The molecule has 0 saturated carbocycles. The molecule has 89 heavy (non-hydrogen) atoms. The van der Waals surface area contributed by atoms with E-state index in [2.05, 4.69) is 61.5 Å². The first kappa shape index (κ1) is 65.2. The van der Waals surface area contributed by atoms with Gasteiger partial charge in [-0.1, -0.05) is 67.4 Å². The zero-order chi connectivity index (χ0) is 63.3.